The van der Waals surface area contributed by atoms with Crippen LogP contribution in [0, 0.1) is 0 Å². The number of aromatic nitrogens is 2. The summed E-state index contributed by atoms with van der Waals surface area (Å²) < 4.78 is 23.6. The van der Waals surface area contributed by atoms with E-state index < -0.39 is 9.84 Å². The third-order valence-corrected chi connectivity index (χ3v) is 7.27. The van der Waals surface area contributed by atoms with Crippen LogP contribution in [0.4, 0.5) is 5.13 Å². The van der Waals surface area contributed by atoms with Crippen molar-refractivity contribution < 1.29 is 13.2 Å². The van der Waals surface area contributed by atoms with Crippen molar-refractivity contribution in [3.63, 3.8) is 0 Å². The van der Waals surface area contributed by atoms with Crippen LogP contribution < -0.4 is 10.6 Å². The maximum atomic E-state index is 12.1. The molecule has 2 atom stereocenters. The number of hydrogen-bond donors (Lipinski definition) is 2. The summed E-state index contributed by atoms with van der Waals surface area (Å²) in [6.07, 6.45) is 2.68. The molecule has 10 heteroatoms. The fourth-order valence-electron chi connectivity index (χ4n) is 2.13. The smallest absolute Gasteiger partial charge is 0.233 e. The standard InChI is InChI=1S/C13H22N4O3S3/c1-3-4-6-14-12-16-17-13(22-12)21-9(2)11(18)15-10-5-7-23(19,20)8-10/h9-10H,3-8H2,1-2H3,(H,14,16)(H,15,18)/t9-,10+/m1/s1. The Hall–Kier alpha value is -0.870. The number of nitrogens with one attached hydrogen (secondary N) is 2. The highest BCUT2D eigenvalue weighted by Crippen LogP contribution is 2.29. The molecule has 0 saturated carbocycles. The maximum absolute atomic E-state index is 12.1. The van der Waals surface area contributed by atoms with Crippen molar-refractivity contribution in [3.05, 3.63) is 0 Å². The molecule has 1 saturated heterocycles. The van der Waals surface area contributed by atoms with Crippen LogP contribution in [0.15, 0.2) is 4.34 Å². The average molecular weight is 379 g/mol. The normalized spacial score (nSPS) is 21.0. The lowest BCUT2D eigenvalue weighted by Gasteiger charge is -2.14. The van der Waals surface area contributed by atoms with E-state index in [0.29, 0.717) is 6.42 Å². The van der Waals surface area contributed by atoms with E-state index in [1.807, 2.05) is 0 Å². The Kier molecular flexibility index (Phi) is 6.66. The second kappa shape index (κ2) is 8.29. The Balaban J connectivity index is 1.79. The largest absolute Gasteiger partial charge is 0.360 e. The van der Waals surface area contributed by atoms with Gasteiger partial charge in [-0.3, -0.25) is 4.79 Å². The Morgan fingerprint density at radius 2 is 2.26 bits per heavy atom. The summed E-state index contributed by atoms with van der Waals surface area (Å²) in [6, 6.07) is -0.267. The van der Waals surface area contributed by atoms with Crippen LogP contribution in [-0.4, -0.2) is 53.9 Å². The number of sulfone groups is 1. The van der Waals surface area contributed by atoms with Crippen LogP contribution in [0.3, 0.4) is 0 Å². The summed E-state index contributed by atoms with van der Waals surface area (Å²) >= 11 is 2.76. The van der Waals surface area contributed by atoms with E-state index in [9.17, 15) is 13.2 Å². The molecule has 0 aliphatic carbocycles. The molecule has 2 rings (SSSR count). The number of unbranched alkanes of at least 4 members (excludes halogenated alkanes) is 1. The first-order chi connectivity index (χ1) is 10.9. The minimum absolute atomic E-state index is 0.0421. The Morgan fingerprint density at radius 3 is 2.91 bits per heavy atom. The zero-order chi connectivity index (χ0) is 16.9. The summed E-state index contributed by atoms with van der Waals surface area (Å²) in [6.45, 7) is 4.77. The third-order valence-electron chi connectivity index (χ3n) is 3.44. The van der Waals surface area contributed by atoms with Crippen LogP contribution in [-0.2, 0) is 14.6 Å². The van der Waals surface area contributed by atoms with Gasteiger partial charge in [-0.15, -0.1) is 10.2 Å². The van der Waals surface area contributed by atoms with Crippen molar-refractivity contribution in [2.45, 2.75) is 48.7 Å². The Labute approximate surface area is 144 Å². The van der Waals surface area contributed by atoms with Gasteiger partial charge in [0.05, 0.1) is 16.8 Å². The molecule has 23 heavy (non-hydrogen) atoms. The topological polar surface area (TPSA) is 101 Å². The molecule has 130 valence electrons. The molecular formula is C13H22N4O3S3. The predicted molar refractivity (Wildman–Crippen MR) is 93.8 cm³/mol. The van der Waals surface area contributed by atoms with E-state index in [1.165, 1.54) is 23.1 Å². The number of carbonyl (C=O) groups is 1. The predicted octanol–water partition coefficient (Wildman–Crippen LogP) is 1.53. The Bertz CT molecular complexity index is 632. The van der Waals surface area contributed by atoms with Crippen LogP contribution >= 0.6 is 23.1 Å². The zero-order valence-corrected chi connectivity index (χ0v) is 15.7. The first kappa shape index (κ1) is 18.5. The molecule has 0 aromatic carbocycles. The number of hydrogen-bond acceptors (Lipinski definition) is 8. The molecule has 2 N–H and O–H groups in total. The van der Waals surface area contributed by atoms with Crippen molar-refractivity contribution in [2.24, 2.45) is 0 Å². The highest BCUT2D eigenvalue weighted by molar-refractivity contribution is 8.02. The zero-order valence-electron chi connectivity index (χ0n) is 13.2. The maximum Gasteiger partial charge on any atom is 0.233 e. The van der Waals surface area contributed by atoms with E-state index in [4.69, 9.17) is 0 Å². The van der Waals surface area contributed by atoms with Gasteiger partial charge >= 0.3 is 0 Å². The SMILES string of the molecule is CCCCNc1nnc(S[C@H](C)C(=O)N[C@H]2CCS(=O)(=O)C2)s1. The van der Waals surface area contributed by atoms with Crippen molar-refractivity contribution in [1.29, 1.82) is 0 Å². The highest BCUT2D eigenvalue weighted by atomic mass is 32.2. The van der Waals surface area contributed by atoms with Crippen molar-refractivity contribution >= 4 is 44.0 Å². The average Bonchev–Trinajstić information content (AvgIpc) is 3.05. The third kappa shape index (κ3) is 5.92. The van der Waals surface area contributed by atoms with Gasteiger partial charge in [-0.1, -0.05) is 36.4 Å². The minimum Gasteiger partial charge on any atom is -0.360 e. The minimum atomic E-state index is -2.98. The quantitative estimate of drug-likeness (QED) is 0.522. The summed E-state index contributed by atoms with van der Waals surface area (Å²) in [4.78, 5) is 12.1. The van der Waals surface area contributed by atoms with Crippen LogP contribution in [0.2, 0.25) is 0 Å². The summed E-state index contributed by atoms with van der Waals surface area (Å²) in [7, 11) is -2.98. The summed E-state index contributed by atoms with van der Waals surface area (Å²) in [5.74, 6) is 0.0381. The number of nitrogens with zero attached hydrogens (tertiary/aromatic N) is 2. The van der Waals surface area contributed by atoms with Gasteiger partial charge < -0.3 is 10.6 Å². The van der Waals surface area contributed by atoms with Crippen molar-refractivity contribution in [3.8, 4) is 0 Å². The van der Waals surface area contributed by atoms with E-state index in [-0.39, 0.29) is 28.7 Å². The molecule has 0 spiro atoms. The fraction of sp³-hybridized carbons (Fsp3) is 0.769. The molecule has 1 aromatic heterocycles. The summed E-state index contributed by atoms with van der Waals surface area (Å²) in [5.41, 5.74) is 0. The lowest BCUT2D eigenvalue weighted by Crippen LogP contribution is -2.39. The van der Waals surface area contributed by atoms with Gasteiger partial charge in [0.1, 0.15) is 0 Å². The van der Waals surface area contributed by atoms with E-state index in [0.717, 1.165) is 28.9 Å². The highest BCUT2D eigenvalue weighted by Gasteiger charge is 2.30. The molecule has 1 fully saturated rings. The van der Waals surface area contributed by atoms with Gasteiger partial charge in [0, 0.05) is 12.6 Å². The molecule has 2 heterocycles. The van der Waals surface area contributed by atoms with E-state index >= 15 is 0 Å². The summed E-state index contributed by atoms with van der Waals surface area (Å²) in [5, 5.41) is 14.5. The number of thioether (sulfide) groups is 1. The van der Waals surface area contributed by atoms with Crippen molar-refractivity contribution in [1.82, 2.24) is 15.5 Å². The second-order valence-electron chi connectivity index (χ2n) is 5.52. The molecule has 1 amide bonds. The number of carbonyl (C=O) groups excluding carboxylic acids is 1. The van der Waals surface area contributed by atoms with Gasteiger partial charge in [0.15, 0.2) is 14.2 Å². The molecule has 0 bridgehead atoms. The Morgan fingerprint density at radius 1 is 1.48 bits per heavy atom. The van der Waals surface area contributed by atoms with Gasteiger partial charge in [-0.25, -0.2) is 8.42 Å². The molecule has 1 aliphatic heterocycles. The van der Waals surface area contributed by atoms with Crippen LogP contribution in [0.5, 0.6) is 0 Å². The first-order valence-electron chi connectivity index (χ1n) is 7.64. The number of amides is 1. The first-order valence-corrected chi connectivity index (χ1v) is 11.2. The molecule has 0 radical (unpaired) electrons. The molecule has 7 nitrogen and oxygen atoms in total. The lowest BCUT2D eigenvalue weighted by molar-refractivity contribution is -0.120. The lowest BCUT2D eigenvalue weighted by atomic mass is 10.2. The van der Waals surface area contributed by atoms with Crippen LogP contribution in [0.1, 0.15) is 33.1 Å². The number of rotatable bonds is 8. The van der Waals surface area contributed by atoms with Gasteiger partial charge in [0.2, 0.25) is 11.0 Å². The fourth-order valence-corrected chi connectivity index (χ4v) is 5.74. The van der Waals surface area contributed by atoms with E-state index in [2.05, 4.69) is 27.8 Å². The monoisotopic (exact) mass is 378 g/mol. The molecule has 0 unspecified atom stereocenters. The van der Waals surface area contributed by atoms with Crippen molar-refractivity contribution in [2.75, 3.05) is 23.4 Å². The second-order valence-corrected chi connectivity index (χ2v) is 10.3. The van der Waals surface area contributed by atoms with Crippen LogP contribution in [0.25, 0.3) is 0 Å². The molecule has 1 aliphatic rings. The molecule has 1 aromatic rings. The van der Waals surface area contributed by atoms with Gasteiger partial charge in [-0.2, -0.15) is 0 Å². The van der Waals surface area contributed by atoms with Gasteiger partial charge in [-0.05, 0) is 19.8 Å². The molecular weight excluding hydrogens is 356 g/mol. The van der Waals surface area contributed by atoms with Gasteiger partial charge in [0.25, 0.3) is 0 Å². The van der Waals surface area contributed by atoms with E-state index in [1.54, 1.807) is 6.92 Å². The number of anilines is 1.